The zero-order chi connectivity index (χ0) is 21.2. The number of anilines is 2. The number of piperidine rings is 1. The number of benzene rings is 3. The van der Waals surface area contributed by atoms with Crippen LogP contribution in [-0.2, 0) is 11.3 Å². The third-order valence-corrected chi connectivity index (χ3v) is 6.05. The van der Waals surface area contributed by atoms with Gasteiger partial charge in [0.05, 0.1) is 11.0 Å². The van der Waals surface area contributed by atoms with Gasteiger partial charge in [0.25, 0.3) is 0 Å². The predicted octanol–water partition coefficient (Wildman–Crippen LogP) is 4.78. The Morgan fingerprint density at radius 2 is 1.35 bits per heavy atom. The fourth-order valence-electron chi connectivity index (χ4n) is 4.50. The van der Waals surface area contributed by atoms with Crippen molar-refractivity contribution in [1.82, 2.24) is 4.57 Å². The zero-order valence-corrected chi connectivity index (χ0v) is 17.4. The van der Waals surface area contributed by atoms with Gasteiger partial charge in [-0.1, -0.05) is 24.3 Å². The van der Waals surface area contributed by atoms with Crippen LogP contribution >= 0.6 is 0 Å². The van der Waals surface area contributed by atoms with E-state index in [1.807, 2.05) is 65.2 Å². The van der Waals surface area contributed by atoms with Crippen molar-refractivity contribution < 1.29 is 4.79 Å². The Morgan fingerprint density at radius 3 is 1.97 bits per heavy atom. The van der Waals surface area contributed by atoms with Crippen LogP contribution in [0.1, 0.15) is 19.3 Å². The van der Waals surface area contributed by atoms with Gasteiger partial charge in [0.1, 0.15) is 6.54 Å². The third-order valence-electron chi connectivity index (χ3n) is 6.05. The summed E-state index contributed by atoms with van der Waals surface area (Å²) in [4.78, 5) is 28.2. The molecule has 0 unspecified atom stereocenters. The summed E-state index contributed by atoms with van der Waals surface area (Å²) in [5, 5.41) is 4.26. The van der Waals surface area contributed by atoms with Crippen molar-refractivity contribution in [1.29, 1.82) is 0 Å². The number of pyridine rings is 1. The Morgan fingerprint density at radius 1 is 0.774 bits per heavy atom. The van der Waals surface area contributed by atoms with E-state index in [1.165, 1.54) is 24.9 Å². The van der Waals surface area contributed by atoms with Gasteiger partial charge in [0.15, 0.2) is 5.43 Å². The number of aromatic nitrogens is 1. The van der Waals surface area contributed by atoms with Crippen LogP contribution in [0.2, 0.25) is 0 Å². The molecule has 0 saturated carbocycles. The molecule has 0 spiro atoms. The Balaban J connectivity index is 1.41. The molecule has 0 aliphatic carbocycles. The zero-order valence-electron chi connectivity index (χ0n) is 17.4. The maximum atomic E-state index is 12.9. The number of carbonyl (C=O) groups excluding carboxylic acids is 1. The average Bonchev–Trinajstić information content (AvgIpc) is 2.83. The average molecular weight is 412 g/mol. The molecule has 31 heavy (non-hydrogen) atoms. The van der Waals surface area contributed by atoms with Crippen molar-refractivity contribution in [3.05, 3.63) is 83.0 Å². The van der Waals surface area contributed by atoms with Crippen LogP contribution < -0.4 is 15.6 Å². The van der Waals surface area contributed by atoms with E-state index in [2.05, 4.69) is 22.3 Å². The molecule has 5 heteroatoms. The van der Waals surface area contributed by atoms with E-state index in [1.54, 1.807) is 0 Å². The van der Waals surface area contributed by atoms with Crippen LogP contribution in [0.4, 0.5) is 11.4 Å². The summed E-state index contributed by atoms with van der Waals surface area (Å²) in [7, 11) is 0. The normalized spacial score (nSPS) is 14.1. The monoisotopic (exact) mass is 411 g/mol. The highest BCUT2D eigenvalue weighted by Crippen LogP contribution is 2.23. The number of fused-ring (bicyclic) bond motifs is 2. The Bertz CT molecular complexity index is 1240. The maximum absolute atomic E-state index is 12.9. The first-order chi connectivity index (χ1) is 15.2. The number of carbonyl (C=O) groups is 1. The Labute approximate surface area is 180 Å². The maximum Gasteiger partial charge on any atom is 0.244 e. The van der Waals surface area contributed by atoms with Crippen LogP contribution in [0, 0.1) is 0 Å². The molecule has 0 radical (unpaired) electrons. The molecule has 1 aliphatic heterocycles. The lowest BCUT2D eigenvalue weighted by molar-refractivity contribution is -0.116. The molecule has 0 bridgehead atoms. The summed E-state index contributed by atoms with van der Waals surface area (Å²) in [6, 6.07) is 23.0. The highest BCUT2D eigenvalue weighted by molar-refractivity contribution is 5.97. The van der Waals surface area contributed by atoms with E-state index < -0.39 is 0 Å². The van der Waals surface area contributed by atoms with E-state index in [0.717, 1.165) is 29.8 Å². The third kappa shape index (κ3) is 3.79. The lowest BCUT2D eigenvalue weighted by Crippen LogP contribution is -2.29. The van der Waals surface area contributed by atoms with E-state index in [-0.39, 0.29) is 17.9 Å². The summed E-state index contributed by atoms with van der Waals surface area (Å²) < 4.78 is 1.92. The van der Waals surface area contributed by atoms with Crippen molar-refractivity contribution in [3.63, 3.8) is 0 Å². The predicted molar refractivity (Wildman–Crippen MR) is 127 cm³/mol. The second kappa shape index (κ2) is 8.26. The van der Waals surface area contributed by atoms with E-state index >= 15 is 0 Å². The van der Waals surface area contributed by atoms with Crippen LogP contribution in [-0.4, -0.2) is 23.6 Å². The lowest BCUT2D eigenvalue weighted by atomic mass is 10.1. The molecular formula is C26H25N3O2. The van der Waals surface area contributed by atoms with Gasteiger partial charge in [-0.15, -0.1) is 0 Å². The molecule has 1 amide bonds. The van der Waals surface area contributed by atoms with Crippen LogP contribution in [0.3, 0.4) is 0 Å². The topological polar surface area (TPSA) is 54.3 Å². The summed E-state index contributed by atoms with van der Waals surface area (Å²) in [6.45, 7) is 2.32. The first kappa shape index (κ1) is 19.4. The highest BCUT2D eigenvalue weighted by atomic mass is 16.2. The van der Waals surface area contributed by atoms with Crippen molar-refractivity contribution >= 4 is 39.1 Å². The largest absolute Gasteiger partial charge is 0.372 e. The molecule has 2 heterocycles. The summed E-state index contributed by atoms with van der Waals surface area (Å²) in [5.41, 5.74) is 3.51. The van der Waals surface area contributed by atoms with Gasteiger partial charge in [-0.25, -0.2) is 0 Å². The number of amides is 1. The van der Waals surface area contributed by atoms with E-state index in [0.29, 0.717) is 10.8 Å². The fourth-order valence-corrected chi connectivity index (χ4v) is 4.50. The van der Waals surface area contributed by atoms with Gasteiger partial charge in [0, 0.05) is 35.2 Å². The molecule has 1 fully saturated rings. The number of nitrogens with zero attached hydrogens (tertiary/aromatic N) is 2. The van der Waals surface area contributed by atoms with E-state index in [9.17, 15) is 9.59 Å². The molecule has 5 rings (SSSR count). The number of rotatable bonds is 4. The first-order valence-electron chi connectivity index (χ1n) is 10.9. The second-order valence-electron chi connectivity index (χ2n) is 8.09. The summed E-state index contributed by atoms with van der Waals surface area (Å²) in [5.74, 6) is -0.121. The molecule has 3 aromatic carbocycles. The minimum Gasteiger partial charge on any atom is -0.372 e. The molecular weight excluding hydrogens is 386 g/mol. The second-order valence-corrected chi connectivity index (χ2v) is 8.09. The molecule has 1 N–H and O–H groups in total. The number of para-hydroxylation sites is 2. The molecule has 1 aromatic heterocycles. The quantitative estimate of drug-likeness (QED) is 0.492. The molecule has 156 valence electrons. The highest BCUT2D eigenvalue weighted by Gasteiger charge is 2.14. The van der Waals surface area contributed by atoms with Gasteiger partial charge in [-0.2, -0.15) is 0 Å². The van der Waals surface area contributed by atoms with Crippen LogP contribution in [0.5, 0.6) is 0 Å². The number of nitrogens with one attached hydrogen (secondary N) is 1. The first-order valence-corrected chi connectivity index (χ1v) is 10.9. The van der Waals surface area contributed by atoms with Crippen molar-refractivity contribution in [2.75, 3.05) is 23.3 Å². The smallest absolute Gasteiger partial charge is 0.244 e. The molecule has 5 nitrogen and oxygen atoms in total. The van der Waals surface area contributed by atoms with Crippen molar-refractivity contribution in [3.8, 4) is 0 Å². The fraction of sp³-hybridized carbons (Fsp3) is 0.231. The minimum absolute atomic E-state index is 0.00356. The number of hydrogen-bond donors (Lipinski definition) is 1. The summed E-state index contributed by atoms with van der Waals surface area (Å²) in [6.07, 6.45) is 3.78. The van der Waals surface area contributed by atoms with Crippen molar-refractivity contribution in [2.24, 2.45) is 0 Å². The molecule has 0 atom stereocenters. The van der Waals surface area contributed by atoms with Crippen molar-refractivity contribution in [2.45, 2.75) is 25.8 Å². The van der Waals surface area contributed by atoms with Crippen LogP contribution in [0.25, 0.3) is 21.8 Å². The van der Waals surface area contributed by atoms with Gasteiger partial charge in [-0.3, -0.25) is 9.59 Å². The van der Waals surface area contributed by atoms with Gasteiger partial charge in [0.2, 0.25) is 5.91 Å². The van der Waals surface area contributed by atoms with Gasteiger partial charge >= 0.3 is 0 Å². The van der Waals surface area contributed by atoms with Crippen LogP contribution in [0.15, 0.2) is 77.6 Å². The number of hydrogen-bond acceptors (Lipinski definition) is 3. The lowest BCUT2D eigenvalue weighted by Gasteiger charge is -2.28. The SMILES string of the molecule is O=C(Cn1c2ccccc2c(=O)c2ccccc21)Nc1ccc(N2CCCCC2)cc1. The van der Waals surface area contributed by atoms with Gasteiger partial charge < -0.3 is 14.8 Å². The standard InChI is InChI=1S/C26H25N3O2/c30-25(27-19-12-14-20(15-13-19)28-16-6-1-7-17-28)18-29-23-10-4-2-8-21(23)26(31)22-9-3-5-11-24(22)29/h2-5,8-15H,1,6-7,16-18H2,(H,27,30). The molecule has 1 saturated heterocycles. The summed E-state index contributed by atoms with van der Waals surface area (Å²) >= 11 is 0. The Hall–Kier alpha value is -3.60. The molecule has 4 aromatic rings. The van der Waals surface area contributed by atoms with E-state index in [4.69, 9.17) is 0 Å². The van der Waals surface area contributed by atoms with Gasteiger partial charge in [-0.05, 0) is 67.8 Å². The Kier molecular flexibility index (Phi) is 5.16. The molecule has 1 aliphatic rings. The minimum atomic E-state index is -0.121.